The zero-order valence-corrected chi connectivity index (χ0v) is 10.5. The minimum absolute atomic E-state index is 0.0311. The lowest BCUT2D eigenvalue weighted by atomic mass is 10.1. The molecule has 0 spiro atoms. The summed E-state index contributed by atoms with van der Waals surface area (Å²) in [7, 11) is 3.49. The maximum absolute atomic E-state index is 5.23. The van der Waals surface area contributed by atoms with Crippen molar-refractivity contribution in [2.24, 2.45) is 0 Å². The number of ether oxygens (including phenoxy) is 1. The molecule has 0 fully saturated rings. The molecule has 0 aliphatic carbocycles. The van der Waals surface area contributed by atoms with Crippen molar-refractivity contribution in [3.05, 3.63) is 48.2 Å². The summed E-state index contributed by atoms with van der Waals surface area (Å²) in [5, 5.41) is 3.22. The fourth-order valence-corrected chi connectivity index (χ4v) is 1.80. The van der Waals surface area contributed by atoms with Crippen LogP contribution >= 0.6 is 0 Å². The zero-order valence-electron chi connectivity index (χ0n) is 10.5. The smallest absolute Gasteiger partial charge is 0.237 e. The van der Waals surface area contributed by atoms with E-state index in [2.05, 4.69) is 20.3 Å². The Balaban J connectivity index is 2.23. The molecule has 5 heteroatoms. The second kappa shape index (κ2) is 6.07. The maximum atomic E-state index is 5.23. The molecule has 2 rings (SSSR count). The standard InChI is InChI=1S/C13H16N4O/c1-14-11(9-10-5-3-4-6-15-10)12-13(18-2)17-8-7-16-12/h3-8,11,14H,9H2,1-2H3. The Labute approximate surface area is 106 Å². The third-order valence-electron chi connectivity index (χ3n) is 2.70. The topological polar surface area (TPSA) is 59.9 Å². The predicted octanol–water partition coefficient (Wildman–Crippen LogP) is 1.38. The highest BCUT2D eigenvalue weighted by molar-refractivity contribution is 5.23. The molecule has 0 aliphatic rings. The lowest BCUT2D eigenvalue weighted by molar-refractivity contribution is 0.379. The maximum Gasteiger partial charge on any atom is 0.237 e. The minimum Gasteiger partial charge on any atom is -0.480 e. The van der Waals surface area contributed by atoms with E-state index in [-0.39, 0.29) is 6.04 Å². The summed E-state index contributed by atoms with van der Waals surface area (Å²) in [6.45, 7) is 0. The molecule has 0 aromatic carbocycles. The van der Waals surface area contributed by atoms with Crippen LogP contribution in [-0.4, -0.2) is 29.1 Å². The van der Waals surface area contributed by atoms with E-state index in [1.807, 2.05) is 25.2 Å². The van der Waals surface area contributed by atoms with Gasteiger partial charge in [0, 0.05) is 30.7 Å². The average molecular weight is 244 g/mol. The molecule has 0 aliphatic heterocycles. The van der Waals surface area contributed by atoms with Gasteiger partial charge in [-0.1, -0.05) is 6.07 Å². The fourth-order valence-electron chi connectivity index (χ4n) is 1.80. The monoisotopic (exact) mass is 244 g/mol. The van der Waals surface area contributed by atoms with Gasteiger partial charge in [0.15, 0.2) is 0 Å². The normalized spacial score (nSPS) is 12.1. The summed E-state index contributed by atoms with van der Waals surface area (Å²) >= 11 is 0. The van der Waals surface area contributed by atoms with Gasteiger partial charge in [0.25, 0.3) is 0 Å². The molecule has 0 saturated carbocycles. The van der Waals surface area contributed by atoms with Crippen LogP contribution < -0.4 is 10.1 Å². The van der Waals surface area contributed by atoms with E-state index in [1.165, 1.54) is 0 Å². The number of aromatic nitrogens is 3. The van der Waals surface area contributed by atoms with Crippen LogP contribution in [0.1, 0.15) is 17.4 Å². The molecule has 2 aromatic rings. The lowest BCUT2D eigenvalue weighted by Gasteiger charge is -2.16. The van der Waals surface area contributed by atoms with Crippen LogP contribution in [0.3, 0.4) is 0 Å². The number of nitrogens with one attached hydrogen (secondary N) is 1. The quantitative estimate of drug-likeness (QED) is 0.861. The molecule has 2 aromatic heterocycles. The molecule has 0 bridgehead atoms. The molecule has 94 valence electrons. The van der Waals surface area contributed by atoms with Crippen LogP contribution in [-0.2, 0) is 6.42 Å². The first kappa shape index (κ1) is 12.4. The van der Waals surface area contributed by atoms with E-state index in [0.717, 1.165) is 17.8 Å². The van der Waals surface area contributed by atoms with Gasteiger partial charge < -0.3 is 10.1 Å². The van der Waals surface area contributed by atoms with E-state index < -0.39 is 0 Å². The first-order valence-electron chi connectivity index (χ1n) is 5.77. The summed E-state index contributed by atoms with van der Waals surface area (Å²) in [5.41, 5.74) is 1.80. The van der Waals surface area contributed by atoms with Crippen LogP contribution in [0.25, 0.3) is 0 Å². The molecular weight excluding hydrogens is 228 g/mol. The molecule has 2 heterocycles. The predicted molar refractivity (Wildman–Crippen MR) is 68.3 cm³/mol. The Morgan fingerprint density at radius 2 is 2.00 bits per heavy atom. The Hall–Kier alpha value is -2.01. The van der Waals surface area contributed by atoms with Crippen molar-refractivity contribution in [3.63, 3.8) is 0 Å². The van der Waals surface area contributed by atoms with E-state index >= 15 is 0 Å². The number of likely N-dealkylation sites (N-methyl/N-ethyl adjacent to an activating group) is 1. The number of rotatable bonds is 5. The highest BCUT2D eigenvalue weighted by Crippen LogP contribution is 2.22. The summed E-state index contributed by atoms with van der Waals surface area (Å²) in [6.07, 6.45) is 5.82. The second-order valence-corrected chi connectivity index (χ2v) is 3.82. The van der Waals surface area contributed by atoms with Gasteiger partial charge in [-0.15, -0.1) is 0 Å². The Bertz CT molecular complexity index is 489. The summed E-state index contributed by atoms with van der Waals surface area (Å²) in [5.74, 6) is 0.549. The average Bonchev–Trinajstić information content (AvgIpc) is 2.46. The van der Waals surface area contributed by atoms with Gasteiger partial charge in [-0.3, -0.25) is 9.97 Å². The van der Waals surface area contributed by atoms with Gasteiger partial charge >= 0.3 is 0 Å². The van der Waals surface area contributed by atoms with Crippen molar-refractivity contribution in [1.82, 2.24) is 20.3 Å². The van der Waals surface area contributed by atoms with Gasteiger partial charge in [-0.25, -0.2) is 4.98 Å². The highest BCUT2D eigenvalue weighted by Gasteiger charge is 2.17. The summed E-state index contributed by atoms with van der Waals surface area (Å²) in [4.78, 5) is 12.8. The van der Waals surface area contributed by atoms with Crippen LogP contribution in [0.2, 0.25) is 0 Å². The van der Waals surface area contributed by atoms with Crippen molar-refractivity contribution in [2.75, 3.05) is 14.2 Å². The van der Waals surface area contributed by atoms with Crippen molar-refractivity contribution < 1.29 is 4.74 Å². The molecule has 1 atom stereocenters. The van der Waals surface area contributed by atoms with Gasteiger partial charge in [0.05, 0.1) is 13.2 Å². The van der Waals surface area contributed by atoms with Gasteiger partial charge in [-0.05, 0) is 19.2 Å². The van der Waals surface area contributed by atoms with Crippen LogP contribution in [0.4, 0.5) is 0 Å². The first-order chi connectivity index (χ1) is 8.85. The number of pyridine rings is 1. The number of methoxy groups -OCH3 is 1. The van der Waals surface area contributed by atoms with Gasteiger partial charge in [0.1, 0.15) is 5.69 Å². The molecule has 0 amide bonds. The van der Waals surface area contributed by atoms with Crippen molar-refractivity contribution in [1.29, 1.82) is 0 Å². The fraction of sp³-hybridized carbons (Fsp3) is 0.308. The molecule has 0 saturated heterocycles. The molecule has 18 heavy (non-hydrogen) atoms. The lowest BCUT2D eigenvalue weighted by Crippen LogP contribution is -2.21. The Kier molecular flexibility index (Phi) is 4.20. The Morgan fingerprint density at radius 3 is 2.67 bits per heavy atom. The van der Waals surface area contributed by atoms with Crippen LogP contribution in [0.15, 0.2) is 36.8 Å². The third kappa shape index (κ3) is 2.81. The van der Waals surface area contributed by atoms with Gasteiger partial charge in [-0.2, -0.15) is 0 Å². The minimum atomic E-state index is 0.0311. The number of hydrogen-bond acceptors (Lipinski definition) is 5. The largest absolute Gasteiger partial charge is 0.480 e. The zero-order chi connectivity index (χ0) is 12.8. The van der Waals surface area contributed by atoms with Crippen molar-refractivity contribution >= 4 is 0 Å². The summed E-state index contributed by atoms with van der Waals surface area (Å²) in [6, 6.07) is 5.90. The van der Waals surface area contributed by atoms with Crippen molar-refractivity contribution in [2.45, 2.75) is 12.5 Å². The highest BCUT2D eigenvalue weighted by atomic mass is 16.5. The molecule has 1 unspecified atom stereocenters. The van der Waals surface area contributed by atoms with Crippen LogP contribution in [0, 0.1) is 0 Å². The van der Waals surface area contributed by atoms with E-state index in [1.54, 1.807) is 25.7 Å². The van der Waals surface area contributed by atoms with E-state index in [9.17, 15) is 0 Å². The molecule has 1 N–H and O–H groups in total. The molecule has 0 radical (unpaired) electrons. The number of nitrogens with zero attached hydrogens (tertiary/aromatic N) is 3. The summed E-state index contributed by atoms with van der Waals surface area (Å²) < 4.78 is 5.23. The van der Waals surface area contributed by atoms with Gasteiger partial charge in [0.2, 0.25) is 5.88 Å². The molecular formula is C13H16N4O. The van der Waals surface area contributed by atoms with Crippen LogP contribution in [0.5, 0.6) is 5.88 Å². The van der Waals surface area contributed by atoms with Crippen molar-refractivity contribution in [3.8, 4) is 5.88 Å². The molecule has 5 nitrogen and oxygen atoms in total. The van der Waals surface area contributed by atoms with E-state index in [0.29, 0.717) is 5.88 Å². The SMILES string of the molecule is CNC(Cc1ccccn1)c1nccnc1OC. The Morgan fingerprint density at radius 1 is 1.17 bits per heavy atom. The third-order valence-corrected chi connectivity index (χ3v) is 2.70. The number of hydrogen-bond donors (Lipinski definition) is 1. The first-order valence-corrected chi connectivity index (χ1v) is 5.77. The van der Waals surface area contributed by atoms with E-state index in [4.69, 9.17) is 4.74 Å². The second-order valence-electron chi connectivity index (χ2n) is 3.82.